The van der Waals surface area contributed by atoms with E-state index < -0.39 is 11.7 Å². The molecular formula is C13H14N2O3. The van der Waals surface area contributed by atoms with Crippen LogP contribution in [-0.2, 0) is 21.7 Å². The molecular weight excluding hydrogens is 232 g/mol. The molecule has 2 aromatic rings. The van der Waals surface area contributed by atoms with Crippen LogP contribution in [0.5, 0.6) is 0 Å². The number of ether oxygens (including phenoxy) is 1. The minimum atomic E-state index is -1.47. The van der Waals surface area contributed by atoms with Crippen molar-refractivity contribution < 1.29 is 14.6 Å². The molecule has 3 N–H and O–H groups in total. The van der Waals surface area contributed by atoms with Crippen molar-refractivity contribution in [3.05, 3.63) is 35.5 Å². The second-order valence-corrected chi connectivity index (χ2v) is 4.39. The molecule has 1 aliphatic heterocycles. The molecule has 0 saturated carbocycles. The number of carboxylic acid groups (broad SMARTS) is 1. The molecule has 5 nitrogen and oxygen atoms in total. The molecule has 0 fully saturated rings. The summed E-state index contributed by atoms with van der Waals surface area (Å²) < 4.78 is 5.25. The first-order valence-corrected chi connectivity index (χ1v) is 5.82. The number of nitrogens with one attached hydrogen (secondary N) is 2. The summed E-state index contributed by atoms with van der Waals surface area (Å²) in [7, 11) is 1.40. The molecule has 0 aliphatic carbocycles. The smallest absolute Gasteiger partial charge is 0.358 e. The van der Waals surface area contributed by atoms with Crippen molar-refractivity contribution in [2.45, 2.75) is 12.1 Å². The fraction of sp³-hybridized carbons (Fsp3) is 0.308. The van der Waals surface area contributed by atoms with Gasteiger partial charge < -0.3 is 14.8 Å². The van der Waals surface area contributed by atoms with Crippen LogP contribution in [0.3, 0.4) is 0 Å². The van der Waals surface area contributed by atoms with Gasteiger partial charge in [0.05, 0.1) is 5.69 Å². The molecule has 0 saturated heterocycles. The van der Waals surface area contributed by atoms with E-state index in [2.05, 4.69) is 10.3 Å². The summed E-state index contributed by atoms with van der Waals surface area (Å²) in [5.74, 6) is -1.03. The maximum absolute atomic E-state index is 11.5. The summed E-state index contributed by atoms with van der Waals surface area (Å²) in [5.41, 5.74) is 1.10. The zero-order chi connectivity index (χ0) is 12.8. The SMILES string of the molecule is COC1(C(=O)O)NCCc2c1[nH]c1ccccc21. The summed E-state index contributed by atoms with van der Waals surface area (Å²) in [6.07, 6.45) is 0.789. The van der Waals surface area contributed by atoms with Gasteiger partial charge in [-0.15, -0.1) is 0 Å². The van der Waals surface area contributed by atoms with Crippen molar-refractivity contribution in [1.29, 1.82) is 0 Å². The number of fused-ring (bicyclic) bond motifs is 3. The van der Waals surface area contributed by atoms with E-state index in [1.807, 2.05) is 24.3 Å². The third kappa shape index (κ3) is 1.31. The Morgan fingerprint density at radius 2 is 2.22 bits per heavy atom. The highest BCUT2D eigenvalue weighted by Crippen LogP contribution is 2.34. The van der Waals surface area contributed by atoms with Crippen molar-refractivity contribution in [3.8, 4) is 0 Å². The maximum Gasteiger partial charge on any atom is 0.358 e. The molecule has 1 aromatic heterocycles. The van der Waals surface area contributed by atoms with Gasteiger partial charge in [0.2, 0.25) is 0 Å². The summed E-state index contributed by atoms with van der Waals surface area (Å²) in [6.45, 7) is 0.578. The van der Waals surface area contributed by atoms with Crippen LogP contribution in [0.25, 0.3) is 10.9 Å². The number of carbonyl (C=O) groups is 1. The largest absolute Gasteiger partial charge is 0.478 e. The first-order chi connectivity index (χ1) is 8.69. The minimum Gasteiger partial charge on any atom is -0.478 e. The highest BCUT2D eigenvalue weighted by Gasteiger charge is 2.46. The first kappa shape index (κ1) is 11.3. The van der Waals surface area contributed by atoms with E-state index >= 15 is 0 Å². The van der Waals surface area contributed by atoms with Crippen molar-refractivity contribution in [1.82, 2.24) is 10.3 Å². The third-order valence-corrected chi connectivity index (χ3v) is 3.52. The monoisotopic (exact) mass is 246 g/mol. The molecule has 0 radical (unpaired) electrons. The first-order valence-electron chi connectivity index (χ1n) is 5.82. The van der Waals surface area contributed by atoms with Crippen LogP contribution in [-0.4, -0.2) is 29.7 Å². The average molecular weight is 246 g/mol. The number of hydrogen-bond acceptors (Lipinski definition) is 3. The Kier molecular flexibility index (Phi) is 2.39. The zero-order valence-corrected chi connectivity index (χ0v) is 9.99. The quantitative estimate of drug-likeness (QED) is 0.744. The van der Waals surface area contributed by atoms with E-state index in [4.69, 9.17) is 4.74 Å². The van der Waals surface area contributed by atoms with Gasteiger partial charge in [-0.2, -0.15) is 0 Å². The molecule has 2 heterocycles. The number of carboxylic acids is 1. The Balaban J connectivity index is 2.31. The molecule has 1 aliphatic rings. The predicted octanol–water partition coefficient (Wildman–Crippen LogP) is 1.20. The number of rotatable bonds is 2. The normalized spacial score (nSPS) is 22.9. The van der Waals surface area contributed by atoms with Gasteiger partial charge in [0.15, 0.2) is 0 Å². The summed E-state index contributed by atoms with van der Waals surface area (Å²) in [5, 5.41) is 13.5. The number of benzene rings is 1. The van der Waals surface area contributed by atoms with Gasteiger partial charge in [0, 0.05) is 24.6 Å². The lowest BCUT2D eigenvalue weighted by Gasteiger charge is -2.32. The second kappa shape index (κ2) is 3.83. The van der Waals surface area contributed by atoms with Crippen LogP contribution >= 0.6 is 0 Å². The van der Waals surface area contributed by atoms with Crippen molar-refractivity contribution >= 4 is 16.9 Å². The van der Waals surface area contributed by atoms with Gasteiger partial charge in [0.1, 0.15) is 0 Å². The highest BCUT2D eigenvalue weighted by atomic mass is 16.5. The summed E-state index contributed by atoms with van der Waals surface area (Å²) in [4.78, 5) is 14.7. The number of para-hydroxylation sites is 1. The number of H-pyrrole nitrogens is 1. The molecule has 0 bridgehead atoms. The molecule has 18 heavy (non-hydrogen) atoms. The molecule has 3 rings (SSSR count). The standard InChI is InChI=1S/C13H14N2O3/c1-18-13(12(16)17)11-9(6-7-14-13)8-4-2-3-5-10(8)15-11/h2-5,14-15H,6-7H2,1H3,(H,16,17). The fourth-order valence-corrected chi connectivity index (χ4v) is 2.66. The zero-order valence-electron chi connectivity index (χ0n) is 9.99. The number of methoxy groups -OCH3 is 1. The van der Waals surface area contributed by atoms with Gasteiger partial charge >= 0.3 is 5.97 Å². The predicted molar refractivity (Wildman–Crippen MR) is 66.3 cm³/mol. The van der Waals surface area contributed by atoms with Crippen molar-refractivity contribution in [3.63, 3.8) is 0 Å². The number of aromatic amines is 1. The lowest BCUT2D eigenvalue weighted by Crippen LogP contribution is -2.54. The van der Waals surface area contributed by atoms with E-state index in [1.54, 1.807) is 0 Å². The Morgan fingerprint density at radius 1 is 1.44 bits per heavy atom. The third-order valence-electron chi connectivity index (χ3n) is 3.52. The Bertz CT molecular complexity index is 620. The molecule has 1 aromatic carbocycles. The van der Waals surface area contributed by atoms with E-state index in [1.165, 1.54) is 7.11 Å². The van der Waals surface area contributed by atoms with Crippen LogP contribution in [0, 0.1) is 0 Å². The molecule has 0 spiro atoms. The van der Waals surface area contributed by atoms with Crippen LogP contribution in [0.4, 0.5) is 0 Å². The number of hydrogen-bond donors (Lipinski definition) is 3. The van der Waals surface area contributed by atoms with Gasteiger partial charge in [-0.05, 0) is 18.1 Å². The molecule has 1 atom stereocenters. The van der Waals surface area contributed by atoms with Crippen LogP contribution in [0.1, 0.15) is 11.3 Å². The van der Waals surface area contributed by atoms with E-state index in [0.29, 0.717) is 12.2 Å². The number of aliphatic carboxylic acids is 1. The van der Waals surface area contributed by atoms with E-state index in [0.717, 1.165) is 22.9 Å². The van der Waals surface area contributed by atoms with Crippen molar-refractivity contribution in [2.24, 2.45) is 0 Å². The average Bonchev–Trinajstić information content (AvgIpc) is 2.77. The van der Waals surface area contributed by atoms with Crippen molar-refractivity contribution in [2.75, 3.05) is 13.7 Å². The minimum absolute atomic E-state index is 0.578. The molecule has 94 valence electrons. The van der Waals surface area contributed by atoms with Crippen LogP contribution < -0.4 is 5.32 Å². The Labute approximate surface area is 104 Å². The lowest BCUT2D eigenvalue weighted by molar-refractivity contribution is -0.170. The summed E-state index contributed by atoms with van der Waals surface area (Å²) in [6, 6.07) is 7.81. The van der Waals surface area contributed by atoms with E-state index in [9.17, 15) is 9.90 Å². The topological polar surface area (TPSA) is 74.3 Å². The van der Waals surface area contributed by atoms with Gasteiger partial charge in [0.25, 0.3) is 5.72 Å². The van der Waals surface area contributed by atoms with E-state index in [-0.39, 0.29) is 0 Å². The highest BCUT2D eigenvalue weighted by molar-refractivity contribution is 5.89. The second-order valence-electron chi connectivity index (χ2n) is 4.39. The van der Waals surface area contributed by atoms with Gasteiger partial charge in [-0.25, -0.2) is 4.79 Å². The Hall–Kier alpha value is -1.85. The summed E-state index contributed by atoms with van der Waals surface area (Å²) >= 11 is 0. The number of aromatic nitrogens is 1. The van der Waals surface area contributed by atoms with Gasteiger partial charge in [-0.1, -0.05) is 18.2 Å². The maximum atomic E-state index is 11.5. The molecule has 5 heteroatoms. The fourth-order valence-electron chi connectivity index (χ4n) is 2.66. The van der Waals surface area contributed by atoms with Crippen LogP contribution in [0.2, 0.25) is 0 Å². The Morgan fingerprint density at radius 3 is 2.94 bits per heavy atom. The molecule has 0 amide bonds. The van der Waals surface area contributed by atoms with Crippen LogP contribution in [0.15, 0.2) is 24.3 Å². The van der Waals surface area contributed by atoms with Gasteiger partial charge in [-0.3, -0.25) is 5.32 Å². The lowest BCUT2D eigenvalue weighted by atomic mass is 9.96. The molecule has 1 unspecified atom stereocenters.